The van der Waals surface area contributed by atoms with E-state index in [0.717, 1.165) is 0 Å². The van der Waals surface area contributed by atoms with Crippen LogP contribution in [0.5, 0.6) is 0 Å². The maximum Gasteiger partial charge on any atom is 3.00 e. The summed E-state index contributed by atoms with van der Waals surface area (Å²) < 4.78 is 0. The fraction of sp³-hybridized carbons (Fsp3) is 0.917. The van der Waals surface area contributed by atoms with E-state index in [1.165, 1.54) is 0 Å². The summed E-state index contributed by atoms with van der Waals surface area (Å²) in [4.78, 5) is 9.69. The van der Waals surface area contributed by atoms with Gasteiger partial charge in [0, 0.05) is 77.4 Å². The second-order valence-electron chi connectivity index (χ2n) is 5.60. The van der Waals surface area contributed by atoms with Gasteiger partial charge in [-0.1, -0.05) is 0 Å². The predicted molar refractivity (Wildman–Crippen MR) is 102 cm³/mol. The summed E-state index contributed by atoms with van der Waals surface area (Å²) in [5.41, 5.74) is 6.49. The van der Waals surface area contributed by atoms with Crippen molar-refractivity contribution in [3.63, 3.8) is 0 Å². The van der Waals surface area contributed by atoms with Gasteiger partial charge in [-0.15, -0.1) is 0 Å². The summed E-state index contributed by atoms with van der Waals surface area (Å²) in [6, 6.07) is -1.26. The van der Waals surface area contributed by atoms with Crippen molar-refractivity contribution < 1.29 is 35.1 Å². The first kappa shape index (κ1) is 33.1. The van der Waals surface area contributed by atoms with E-state index in [2.05, 4.69) is 60.0 Å². The molecule has 0 aliphatic heterocycles. The van der Waals surface area contributed by atoms with Crippen molar-refractivity contribution in [2.75, 3.05) is 66.6 Å². The summed E-state index contributed by atoms with van der Waals surface area (Å²) >= 11 is 0. The van der Waals surface area contributed by atoms with E-state index in [0.29, 0.717) is 0 Å². The molecular formula is C12H37IrNO3P3+6. The van der Waals surface area contributed by atoms with Crippen LogP contribution in [0.2, 0.25) is 0 Å². The van der Waals surface area contributed by atoms with Crippen LogP contribution in [0.25, 0.3) is 5.73 Å². The summed E-state index contributed by atoms with van der Waals surface area (Å²) in [5, 5.41) is 14.2. The van der Waals surface area contributed by atoms with Gasteiger partial charge in [0.2, 0.25) is 0 Å². The monoisotopic (exact) mass is 529 g/mol. The molecule has 126 valence electrons. The van der Waals surface area contributed by atoms with Crippen LogP contribution in [-0.4, -0.2) is 88.8 Å². The molecule has 8 heteroatoms. The summed E-state index contributed by atoms with van der Waals surface area (Å²) in [7, 11) is 0.361. The normalized spacial score (nSPS) is 10.1. The van der Waals surface area contributed by atoms with Gasteiger partial charge < -0.3 is 15.9 Å². The van der Waals surface area contributed by atoms with Gasteiger partial charge in [0.15, 0.2) is 0 Å². The van der Waals surface area contributed by atoms with Crippen molar-refractivity contribution in [1.82, 2.24) is 0 Å². The molecule has 0 spiro atoms. The van der Waals surface area contributed by atoms with Crippen LogP contribution >= 0.6 is 23.8 Å². The van der Waals surface area contributed by atoms with Crippen LogP contribution in [0.1, 0.15) is 0 Å². The molecular weight excluding hydrogens is 491 g/mol. The maximum absolute atomic E-state index is 9.69. The summed E-state index contributed by atoms with van der Waals surface area (Å²) in [6.07, 6.45) is 0. The molecule has 4 nitrogen and oxygen atoms in total. The molecule has 0 saturated heterocycles. The number of hydrogen-bond acceptors (Lipinski definition) is 2. The molecule has 4 N–H and O–H groups in total. The fourth-order valence-electron chi connectivity index (χ4n) is 0.0829. The first-order chi connectivity index (χ1) is 8.38. The fourth-order valence-corrected chi connectivity index (χ4v) is 0.0829. The molecule has 20 heavy (non-hydrogen) atoms. The zero-order valence-electron chi connectivity index (χ0n) is 14.5. The van der Waals surface area contributed by atoms with Crippen LogP contribution in [0.3, 0.4) is 0 Å². The van der Waals surface area contributed by atoms with Gasteiger partial charge in [-0.3, -0.25) is 0 Å². The number of carbonyl (C=O) groups excluding carboxylic acids is 1. The molecule has 0 bridgehead atoms. The standard InChI is InChI=1S/C3H6NO3.3C3H9P.Ir/c4-2(1-5)3(6)7;3*1-4(2)3;/h2,4-5H,1H2,(H,6,7);3*1-3H3;/q-1;;;;+3/p+4. The summed E-state index contributed by atoms with van der Waals surface area (Å²) in [6.45, 7) is 19.9. The molecule has 0 aromatic carbocycles. The van der Waals surface area contributed by atoms with Gasteiger partial charge >= 0.3 is 26.1 Å². The molecule has 0 aromatic rings. The first-order valence-electron chi connectivity index (χ1n) is 6.26. The van der Waals surface area contributed by atoms with Crippen LogP contribution in [0.15, 0.2) is 0 Å². The topological polar surface area (TPSA) is 84.0 Å². The number of aliphatic hydroxyl groups is 1. The number of carbonyl (C=O) groups is 1. The van der Waals surface area contributed by atoms with E-state index in [1.54, 1.807) is 0 Å². The van der Waals surface area contributed by atoms with Gasteiger partial charge in [0.1, 0.15) is 0 Å². The molecule has 0 radical (unpaired) electrons. The van der Waals surface area contributed by atoms with Crippen molar-refractivity contribution >= 4 is 29.7 Å². The number of rotatable bonds is 2. The second-order valence-corrected chi connectivity index (χ2v) is 14.6. The number of aliphatic hydroxyl groups excluding tert-OH is 1. The van der Waals surface area contributed by atoms with E-state index in [4.69, 9.17) is 15.9 Å². The van der Waals surface area contributed by atoms with Crippen LogP contribution in [0.4, 0.5) is 0 Å². The Bertz CT molecular complexity index is 163. The first-order valence-corrected chi connectivity index (χ1v) is 15.3. The Morgan fingerprint density at radius 3 is 1.10 bits per heavy atom. The number of hydrogen-bond donors (Lipinski definition) is 1. The van der Waals surface area contributed by atoms with Crippen molar-refractivity contribution in [3.05, 3.63) is 5.73 Å². The van der Waals surface area contributed by atoms with Gasteiger partial charge in [-0.2, -0.15) is 0 Å². The van der Waals surface area contributed by atoms with E-state index < -0.39 is 18.6 Å². The Morgan fingerprint density at radius 2 is 1.10 bits per heavy atom. The zero-order chi connectivity index (χ0) is 16.6. The van der Waals surface area contributed by atoms with E-state index >= 15 is 0 Å². The average Bonchev–Trinajstić information content (AvgIpc) is 2.13. The van der Waals surface area contributed by atoms with Gasteiger partial charge in [-0.25, -0.2) is 0 Å². The minimum absolute atomic E-state index is 0. The quantitative estimate of drug-likeness (QED) is 0.439. The number of nitrogens with one attached hydrogen (secondary N) is 1. The SMILES string of the molecule is C[PH+](C)C.C[PH+](C)C.C[PH+](C)C.[Ir+3].[NH-]C(CO)C(=O)[OH2+]. The van der Waals surface area contributed by atoms with Gasteiger partial charge in [-0.05, 0) is 23.8 Å². The van der Waals surface area contributed by atoms with E-state index in [-0.39, 0.29) is 43.9 Å². The van der Waals surface area contributed by atoms with Crippen molar-refractivity contribution in [2.24, 2.45) is 0 Å². The third-order valence-corrected chi connectivity index (χ3v) is 0.499. The molecule has 0 aliphatic carbocycles. The van der Waals surface area contributed by atoms with Crippen molar-refractivity contribution in [2.45, 2.75) is 6.04 Å². The predicted octanol–water partition coefficient (Wildman–Crippen LogP) is 1.92. The molecule has 0 fully saturated rings. The average molecular weight is 529 g/mol. The molecule has 1 unspecified atom stereocenters. The van der Waals surface area contributed by atoms with E-state index in [9.17, 15) is 4.79 Å². The van der Waals surface area contributed by atoms with Crippen LogP contribution in [-0.2, 0) is 24.9 Å². The van der Waals surface area contributed by atoms with Crippen molar-refractivity contribution in [3.8, 4) is 0 Å². The second kappa shape index (κ2) is 25.3. The minimum atomic E-state index is -1.26. The summed E-state index contributed by atoms with van der Waals surface area (Å²) in [5.74, 6) is -1.04. The largest absolute Gasteiger partial charge is 3.00 e. The Hall–Kier alpha value is 1.33. The van der Waals surface area contributed by atoms with Crippen LogP contribution in [0, 0.1) is 0 Å². The van der Waals surface area contributed by atoms with E-state index in [1.807, 2.05) is 0 Å². The molecule has 1 atom stereocenters. The Morgan fingerprint density at radius 1 is 0.950 bits per heavy atom. The Balaban J connectivity index is -0.0000000512. The molecule has 0 amide bonds. The molecule has 0 heterocycles. The molecule has 0 aliphatic rings. The third kappa shape index (κ3) is 121. The molecule has 0 saturated carbocycles. The van der Waals surface area contributed by atoms with Gasteiger partial charge in [0.25, 0.3) is 0 Å². The Kier molecular flexibility index (Phi) is 41.8. The van der Waals surface area contributed by atoms with Gasteiger partial charge in [0.05, 0.1) is 0 Å². The van der Waals surface area contributed by atoms with Crippen LogP contribution < -0.4 is 0 Å². The minimum Gasteiger partial charge on any atom is -0.658 e. The smallest absolute Gasteiger partial charge is 0.658 e. The zero-order valence-corrected chi connectivity index (χ0v) is 19.9. The Labute approximate surface area is 143 Å². The van der Waals surface area contributed by atoms with Crippen molar-refractivity contribution in [1.29, 1.82) is 0 Å². The molecule has 0 aromatic heterocycles. The third-order valence-electron chi connectivity index (χ3n) is 0.499. The molecule has 0 rings (SSSR count). The maximum atomic E-state index is 9.69.